The fraction of sp³-hybridized carbons (Fsp3) is 0.333. The second-order valence-electron chi connectivity index (χ2n) is 4.99. The first-order chi connectivity index (χ1) is 12.6. The van der Waals surface area contributed by atoms with E-state index in [0.29, 0.717) is 37.1 Å². The number of hydrogen-bond donors (Lipinski definition) is 2. The Bertz CT molecular complexity index is 715. The molecule has 140 valence electrons. The van der Waals surface area contributed by atoms with Gasteiger partial charge in [-0.05, 0) is 45.0 Å². The molecule has 0 unspecified atom stereocenters. The van der Waals surface area contributed by atoms with Gasteiger partial charge in [0.1, 0.15) is 0 Å². The van der Waals surface area contributed by atoms with Crippen LogP contribution in [0.5, 0.6) is 17.2 Å². The minimum absolute atomic E-state index is 0.0852. The fourth-order valence-electron chi connectivity index (χ4n) is 2.17. The molecule has 1 heterocycles. The zero-order chi connectivity index (χ0) is 18.9. The summed E-state index contributed by atoms with van der Waals surface area (Å²) in [6, 6.07) is 6.13. The molecule has 2 rings (SSSR count). The number of hydrogen-bond acceptors (Lipinski definition) is 6. The summed E-state index contributed by atoms with van der Waals surface area (Å²) in [7, 11) is 0. The SMILES string of the molecule is CCOc1cc(C(=O)NNC(=O)c2ccco2)cc(OCC)c1OCC. The van der Waals surface area contributed by atoms with Crippen molar-refractivity contribution < 1.29 is 28.2 Å². The van der Waals surface area contributed by atoms with Gasteiger partial charge in [0.2, 0.25) is 5.75 Å². The van der Waals surface area contributed by atoms with Crippen molar-refractivity contribution in [1.82, 2.24) is 10.9 Å². The number of carbonyl (C=O) groups excluding carboxylic acids is 2. The van der Waals surface area contributed by atoms with Crippen LogP contribution >= 0.6 is 0 Å². The molecule has 0 radical (unpaired) electrons. The summed E-state index contributed by atoms with van der Waals surface area (Å²) < 4.78 is 21.7. The van der Waals surface area contributed by atoms with E-state index in [4.69, 9.17) is 18.6 Å². The molecule has 8 heteroatoms. The van der Waals surface area contributed by atoms with E-state index in [1.54, 1.807) is 6.07 Å². The molecule has 0 atom stereocenters. The lowest BCUT2D eigenvalue weighted by atomic mass is 10.1. The van der Waals surface area contributed by atoms with Crippen LogP contribution in [0.15, 0.2) is 34.9 Å². The van der Waals surface area contributed by atoms with Crippen LogP contribution in [-0.4, -0.2) is 31.6 Å². The van der Waals surface area contributed by atoms with E-state index >= 15 is 0 Å². The minimum atomic E-state index is -0.565. The highest BCUT2D eigenvalue weighted by atomic mass is 16.5. The molecule has 0 spiro atoms. The molecular weight excluding hydrogens is 340 g/mol. The van der Waals surface area contributed by atoms with E-state index in [-0.39, 0.29) is 11.3 Å². The Morgan fingerprint density at radius 3 is 2.00 bits per heavy atom. The molecule has 2 amide bonds. The lowest BCUT2D eigenvalue weighted by Gasteiger charge is -2.17. The van der Waals surface area contributed by atoms with Gasteiger partial charge >= 0.3 is 5.91 Å². The Kier molecular flexibility index (Phi) is 6.90. The maximum absolute atomic E-state index is 12.4. The number of amides is 2. The quantitative estimate of drug-likeness (QED) is 0.700. The van der Waals surface area contributed by atoms with Crippen molar-refractivity contribution in [3.8, 4) is 17.2 Å². The maximum atomic E-state index is 12.4. The van der Waals surface area contributed by atoms with Gasteiger partial charge in [-0.15, -0.1) is 0 Å². The van der Waals surface area contributed by atoms with Gasteiger partial charge in [-0.25, -0.2) is 0 Å². The van der Waals surface area contributed by atoms with Crippen molar-refractivity contribution in [2.24, 2.45) is 0 Å². The fourth-order valence-corrected chi connectivity index (χ4v) is 2.17. The van der Waals surface area contributed by atoms with Gasteiger partial charge in [-0.2, -0.15) is 0 Å². The Morgan fingerprint density at radius 1 is 0.923 bits per heavy atom. The van der Waals surface area contributed by atoms with Crippen molar-refractivity contribution in [2.45, 2.75) is 20.8 Å². The highest BCUT2D eigenvalue weighted by molar-refractivity contribution is 5.98. The van der Waals surface area contributed by atoms with Gasteiger partial charge < -0.3 is 18.6 Å². The van der Waals surface area contributed by atoms with Crippen LogP contribution in [0.2, 0.25) is 0 Å². The minimum Gasteiger partial charge on any atom is -0.490 e. The molecule has 2 N–H and O–H groups in total. The highest BCUT2D eigenvalue weighted by Crippen LogP contribution is 2.39. The van der Waals surface area contributed by atoms with Crippen LogP contribution in [0, 0.1) is 0 Å². The zero-order valence-electron chi connectivity index (χ0n) is 15.0. The van der Waals surface area contributed by atoms with Gasteiger partial charge in [-0.3, -0.25) is 20.4 Å². The van der Waals surface area contributed by atoms with E-state index in [0.717, 1.165) is 0 Å². The van der Waals surface area contributed by atoms with Crippen LogP contribution < -0.4 is 25.1 Å². The van der Waals surface area contributed by atoms with E-state index in [2.05, 4.69) is 10.9 Å². The molecule has 0 aliphatic carbocycles. The number of hydrazine groups is 1. The van der Waals surface area contributed by atoms with E-state index in [9.17, 15) is 9.59 Å². The Hall–Kier alpha value is -3.16. The molecule has 1 aromatic heterocycles. The smallest absolute Gasteiger partial charge is 0.305 e. The lowest BCUT2D eigenvalue weighted by molar-refractivity contribution is 0.0830. The second kappa shape index (κ2) is 9.36. The molecule has 0 aliphatic heterocycles. The molecule has 26 heavy (non-hydrogen) atoms. The van der Waals surface area contributed by atoms with Crippen molar-refractivity contribution in [2.75, 3.05) is 19.8 Å². The van der Waals surface area contributed by atoms with Crippen molar-refractivity contribution in [3.05, 3.63) is 41.9 Å². The molecule has 1 aromatic carbocycles. The number of ether oxygens (including phenoxy) is 3. The number of rotatable bonds is 8. The number of benzene rings is 1. The average Bonchev–Trinajstić information content (AvgIpc) is 3.17. The molecule has 0 saturated heterocycles. The van der Waals surface area contributed by atoms with Gasteiger partial charge in [-0.1, -0.05) is 0 Å². The molecule has 0 saturated carbocycles. The number of furan rings is 1. The molecule has 0 aliphatic rings. The van der Waals surface area contributed by atoms with E-state index < -0.39 is 11.8 Å². The Morgan fingerprint density at radius 2 is 1.50 bits per heavy atom. The molecule has 8 nitrogen and oxygen atoms in total. The monoisotopic (exact) mass is 362 g/mol. The van der Waals surface area contributed by atoms with Crippen LogP contribution in [-0.2, 0) is 0 Å². The van der Waals surface area contributed by atoms with Gasteiger partial charge in [0, 0.05) is 5.56 Å². The predicted molar refractivity (Wildman–Crippen MR) is 93.6 cm³/mol. The van der Waals surface area contributed by atoms with Gasteiger partial charge in [0.25, 0.3) is 5.91 Å². The summed E-state index contributed by atoms with van der Waals surface area (Å²) in [5.41, 5.74) is 4.86. The number of carbonyl (C=O) groups is 2. The third-order valence-corrected chi connectivity index (χ3v) is 3.21. The number of nitrogens with one attached hydrogen (secondary N) is 2. The van der Waals surface area contributed by atoms with Crippen LogP contribution in [0.4, 0.5) is 0 Å². The molecular formula is C18H22N2O6. The zero-order valence-corrected chi connectivity index (χ0v) is 15.0. The molecule has 0 bridgehead atoms. The first-order valence-electron chi connectivity index (χ1n) is 8.31. The Balaban J connectivity index is 2.20. The first kappa shape index (κ1) is 19.2. The van der Waals surface area contributed by atoms with Gasteiger partial charge in [0.05, 0.1) is 26.1 Å². The third kappa shape index (κ3) is 4.69. The highest BCUT2D eigenvalue weighted by Gasteiger charge is 2.19. The summed E-state index contributed by atoms with van der Waals surface area (Å²) in [4.78, 5) is 24.2. The second-order valence-corrected chi connectivity index (χ2v) is 4.99. The maximum Gasteiger partial charge on any atom is 0.305 e. The summed E-state index contributed by atoms with van der Waals surface area (Å²) in [5, 5.41) is 0. The lowest BCUT2D eigenvalue weighted by Crippen LogP contribution is -2.41. The van der Waals surface area contributed by atoms with Gasteiger partial charge in [0.15, 0.2) is 17.3 Å². The van der Waals surface area contributed by atoms with E-state index in [1.807, 2.05) is 20.8 Å². The van der Waals surface area contributed by atoms with Crippen LogP contribution in [0.3, 0.4) is 0 Å². The normalized spacial score (nSPS) is 10.1. The standard InChI is InChI=1S/C18H22N2O6/c1-4-23-14-10-12(11-15(24-5-2)16(14)25-6-3)17(21)19-20-18(22)13-8-7-9-26-13/h7-11H,4-6H2,1-3H3,(H,19,21)(H,20,22). The molecule has 2 aromatic rings. The average molecular weight is 362 g/mol. The molecule has 0 fully saturated rings. The predicted octanol–water partition coefficient (Wildman–Crippen LogP) is 2.55. The van der Waals surface area contributed by atoms with Crippen LogP contribution in [0.25, 0.3) is 0 Å². The Labute approximate surface area is 151 Å². The van der Waals surface area contributed by atoms with Crippen molar-refractivity contribution >= 4 is 11.8 Å². The largest absolute Gasteiger partial charge is 0.490 e. The third-order valence-electron chi connectivity index (χ3n) is 3.21. The summed E-state index contributed by atoms with van der Waals surface area (Å²) in [6.07, 6.45) is 1.37. The topological polar surface area (TPSA) is 99.0 Å². The van der Waals surface area contributed by atoms with Crippen LogP contribution in [0.1, 0.15) is 41.7 Å². The van der Waals surface area contributed by atoms with Crippen molar-refractivity contribution in [1.29, 1.82) is 0 Å². The summed E-state index contributed by atoms with van der Waals surface area (Å²) in [6.45, 7) is 6.71. The summed E-state index contributed by atoms with van der Waals surface area (Å²) in [5.74, 6) is 0.208. The summed E-state index contributed by atoms with van der Waals surface area (Å²) >= 11 is 0. The first-order valence-corrected chi connectivity index (χ1v) is 8.31. The van der Waals surface area contributed by atoms with E-state index in [1.165, 1.54) is 24.5 Å². The van der Waals surface area contributed by atoms with Crippen molar-refractivity contribution in [3.63, 3.8) is 0 Å².